The third-order valence-electron chi connectivity index (χ3n) is 4.47. The molecule has 4 rings (SSSR count). The molecule has 1 aromatic carbocycles. The maximum Gasteiger partial charge on any atom is 0.415 e. The highest BCUT2D eigenvalue weighted by molar-refractivity contribution is 5.77. The molecule has 1 atom stereocenters. The molecule has 3 heterocycles. The Labute approximate surface area is 145 Å². The fourth-order valence-corrected chi connectivity index (χ4v) is 3.28. The van der Waals surface area contributed by atoms with Crippen molar-refractivity contribution in [3.63, 3.8) is 0 Å². The van der Waals surface area contributed by atoms with Crippen LogP contribution >= 0.6 is 0 Å². The van der Waals surface area contributed by atoms with Crippen molar-refractivity contribution in [3.8, 4) is 16.9 Å². The van der Waals surface area contributed by atoms with Gasteiger partial charge in [0, 0.05) is 24.4 Å². The molecular weight excluding hydrogens is 318 g/mol. The minimum Gasteiger partial charge on any atom is -0.410 e. The maximum absolute atomic E-state index is 12.2. The topological polar surface area (TPSA) is 68.5 Å². The van der Waals surface area contributed by atoms with Crippen LogP contribution in [0.25, 0.3) is 11.1 Å². The number of nitrogens with zero attached hydrogens (tertiary/aromatic N) is 3. The Morgan fingerprint density at radius 2 is 2.00 bits per heavy atom. The average Bonchev–Trinajstić information content (AvgIpc) is 2.95. The van der Waals surface area contributed by atoms with Crippen LogP contribution in [-0.4, -0.2) is 28.2 Å². The molecule has 1 unspecified atom stereocenters. The second-order valence-electron chi connectivity index (χ2n) is 6.09. The van der Waals surface area contributed by atoms with Gasteiger partial charge in [0.25, 0.3) is 0 Å². The zero-order valence-corrected chi connectivity index (χ0v) is 14.2. The molecular formula is C19H17N3O3. The highest BCUT2D eigenvalue weighted by atomic mass is 16.6. The summed E-state index contributed by atoms with van der Waals surface area (Å²) in [6.07, 6.45) is 1.33. The van der Waals surface area contributed by atoms with Crippen molar-refractivity contribution in [2.75, 3.05) is 7.05 Å². The van der Waals surface area contributed by atoms with Crippen LogP contribution in [0.2, 0.25) is 0 Å². The molecule has 1 aliphatic heterocycles. The van der Waals surface area contributed by atoms with Gasteiger partial charge in [0.1, 0.15) is 17.6 Å². The Hall–Kier alpha value is -3.15. The number of hydrogen-bond acceptors (Lipinski definition) is 5. The summed E-state index contributed by atoms with van der Waals surface area (Å²) in [5, 5.41) is 4.03. The van der Waals surface area contributed by atoms with Crippen LogP contribution in [0.15, 0.2) is 47.1 Å². The molecule has 0 radical (unpaired) electrons. The standard InChI is InChI=1S/C19H17N3O3/c1-11-17(12(2)25-21-11)13-7-8-16-14(10-13)18(22(3)19(23)24-16)15-6-4-5-9-20-15/h4-10,18H,1-3H3. The van der Waals surface area contributed by atoms with Crippen LogP contribution in [0, 0.1) is 13.8 Å². The van der Waals surface area contributed by atoms with E-state index in [2.05, 4.69) is 10.1 Å². The van der Waals surface area contributed by atoms with E-state index in [1.807, 2.05) is 50.2 Å². The average molecular weight is 335 g/mol. The van der Waals surface area contributed by atoms with E-state index in [1.165, 1.54) is 0 Å². The lowest BCUT2D eigenvalue weighted by Crippen LogP contribution is -2.38. The van der Waals surface area contributed by atoms with Crippen molar-refractivity contribution in [1.82, 2.24) is 15.0 Å². The van der Waals surface area contributed by atoms with Crippen LogP contribution < -0.4 is 4.74 Å². The second kappa shape index (κ2) is 5.73. The van der Waals surface area contributed by atoms with Crippen molar-refractivity contribution in [3.05, 3.63) is 65.3 Å². The summed E-state index contributed by atoms with van der Waals surface area (Å²) in [5.41, 5.74) is 4.44. The number of pyridine rings is 1. The summed E-state index contributed by atoms with van der Waals surface area (Å²) in [5.74, 6) is 1.31. The molecule has 2 aromatic heterocycles. The van der Waals surface area contributed by atoms with Crippen LogP contribution in [0.1, 0.15) is 28.8 Å². The molecule has 1 aliphatic rings. The Morgan fingerprint density at radius 1 is 1.16 bits per heavy atom. The Morgan fingerprint density at radius 3 is 2.68 bits per heavy atom. The minimum absolute atomic E-state index is 0.308. The van der Waals surface area contributed by atoms with E-state index in [1.54, 1.807) is 18.1 Å². The van der Waals surface area contributed by atoms with Crippen LogP contribution in [-0.2, 0) is 0 Å². The highest BCUT2D eigenvalue weighted by Gasteiger charge is 2.34. The molecule has 1 amide bonds. The van der Waals surface area contributed by atoms with Gasteiger partial charge < -0.3 is 9.26 Å². The van der Waals surface area contributed by atoms with E-state index in [9.17, 15) is 4.79 Å². The predicted octanol–water partition coefficient (Wildman–Crippen LogP) is 3.89. The van der Waals surface area contributed by atoms with Crippen LogP contribution in [0.3, 0.4) is 0 Å². The number of amides is 1. The van der Waals surface area contributed by atoms with Crippen LogP contribution in [0.5, 0.6) is 5.75 Å². The van der Waals surface area contributed by atoms with E-state index >= 15 is 0 Å². The first-order valence-corrected chi connectivity index (χ1v) is 7.99. The SMILES string of the molecule is Cc1noc(C)c1-c1ccc2c(c1)C(c1ccccn1)N(C)C(=O)O2. The number of aromatic nitrogens is 2. The van der Waals surface area contributed by atoms with E-state index in [0.717, 1.165) is 33.8 Å². The van der Waals surface area contributed by atoms with Gasteiger partial charge in [-0.1, -0.05) is 17.3 Å². The lowest BCUT2D eigenvalue weighted by Gasteiger charge is -2.33. The highest BCUT2D eigenvalue weighted by Crippen LogP contribution is 2.40. The smallest absolute Gasteiger partial charge is 0.410 e. The van der Waals surface area contributed by atoms with E-state index < -0.39 is 6.09 Å². The summed E-state index contributed by atoms with van der Waals surface area (Å²) in [7, 11) is 1.72. The molecule has 3 aromatic rings. The third-order valence-corrected chi connectivity index (χ3v) is 4.47. The molecule has 6 heteroatoms. The van der Waals surface area contributed by atoms with Gasteiger partial charge in [-0.2, -0.15) is 0 Å². The molecule has 0 saturated carbocycles. The first-order valence-electron chi connectivity index (χ1n) is 7.99. The fraction of sp³-hybridized carbons (Fsp3) is 0.211. The normalized spacial score (nSPS) is 16.5. The number of fused-ring (bicyclic) bond motifs is 1. The summed E-state index contributed by atoms with van der Waals surface area (Å²) >= 11 is 0. The summed E-state index contributed by atoms with van der Waals surface area (Å²) in [6.45, 7) is 3.80. The van der Waals surface area contributed by atoms with Gasteiger partial charge in [0.2, 0.25) is 0 Å². The zero-order chi connectivity index (χ0) is 17.6. The number of ether oxygens (including phenoxy) is 1. The van der Waals surface area contributed by atoms with Crippen LogP contribution in [0.4, 0.5) is 4.79 Å². The Kier molecular flexibility index (Phi) is 3.53. The van der Waals surface area contributed by atoms with Crippen molar-refractivity contribution in [2.24, 2.45) is 0 Å². The molecule has 0 N–H and O–H groups in total. The summed E-state index contributed by atoms with van der Waals surface area (Å²) in [4.78, 5) is 18.2. The molecule has 6 nitrogen and oxygen atoms in total. The van der Waals surface area contributed by atoms with Crippen molar-refractivity contribution < 1.29 is 14.1 Å². The quantitative estimate of drug-likeness (QED) is 0.711. The lowest BCUT2D eigenvalue weighted by molar-refractivity contribution is 0.139. The number of carbonyl (C=O) groups is 1. The molecule has 0 aliphatic carbocycles. The number of hydrogen-bond donors (Lipinski definition) is 0. The molecule has 0 fully saturated rings. The van der Waals surface area contributed by atoms with E-state index in [-0.39, 0.29) is 6.04 Å². The van der Waals surface area contributed by atoms with Gasteiger partial charge >= 0.3 is 6.09 Å². The number of benzene rings is 1. The molecule has 126 valence electrons. The zero-order valence-electron chi connectivity index (χ0n) is 14.2. The van der Waals surface area contributed by atoms with E-state index in [4.69, 9.17) is 9.26 Å². The summed E-state index contributed by atoms with van der Waals surface area (Å²) < 4.78 is 10.7. The Bertz CT molecular complexity index is 930. The first kappa shape index (κ1) is 15.4. The minimum atomic E-state index is -0.395. The second-order valence-corrected chi connectivity index (χ2v) is 6.09. The van der Waals surface area contributed by atoms with Gasteiger partial charge in [-0.25, -0.2) is 4.79 Å². The fourth-order valence-electron chi connectivity index (χ4n) is 3.28. The largest absolute Gasteiger partial charge is 0.415 e. The van der Waals surface area contributed by atoms with Crippen molar-refractivity contribution >= 4 is 6.09 Å². The van der Waals surface area contributed by atoms with Gasteiger partial charge in [0.05, 0.1) is 11.4 Å². The van der Waals surface area contributed by atoms with Crippen molar-refractivity contribution in [2.45, 2.75) is 19.9 Å². The van der Waals surface area contributed by atoms with Gasteiger partial charge in [-0.05, 0) is 43.7 Å². The lowest BCUT2D eigenvalue weighted by atomic mass is 9.94. The number of carbonyl (C=O) groups excluding carboxylic acids is 1. The monoisotopic (exact) mass is 335 g/mol. The molecule has 0 bridgehead atoms. The van der Waals surface area contributed by atoms with E-state index in [0.29, 0.717) is 5.75 Å². The third kappa shape index (κ3) is 2.46. The van der Waals surface area contributed by atoms with Gasteiger partial charge in [-0.15, -0.1) is 0 Å². The number of aryl methyl sites for hydroxylation is 2. The molecule has 0 spiro atoms. The number of rotatable bonds is 2. The molecule has 0 saturated heterocycles. The maximum atomic E-state index is 12.2. The van der Waals surface area contributed by atoms with Crippen molar-refractivity contribution in [1.29, 1.82) is 0 Å². The first-order chi connectivity index (χ1) is 12.1. The predicted molar refractivity (Wildman–Crippen MR) is 91.3 cm³/mol. The summed E-state index contributed by atoms with van der Waals surface area (Å²) in [6, 6.07) is 11.1. The molecule has 25 heavy (non-hydrogen) atoms. The van der Waals surface area contributed by atoms with Gasteiger partial charge in [0.15, 0.2) is 0 Å². The Balaban J connectivity index is 1.90. The van der Waals surface area contributed by atoms with Gasteiger partial charge in [-0.3, -0.25) is 9.88 Å².